The van der Waals surface area contributed by atoms with E-state index in [0.717, 1.165) is 28.1 Å². The molecule has 0 aliphatic heterocycles. The van der Waals surface area contributed by atoms with Gasteiger partial charge in [0.15, 0.2) is 0 Å². The van der Waals surface area contributed by atoms with Gasteiger partial charge in [0, 0.05) is 5.56 Å². The van der Waals surface area contributed by atoms with Gasteiger partial charge in [0.25, 0.3) is 0 Å². The topological polar surface area (TPSA) is 47.6 Å². The summed E-state index contributed by atoms with van der Waals surface area (Å²) in [6, 6.07) is 12.0. The molecule has 0 aromatic heterocycles. The summed E-state index contributed by atoms with van der Waals surface area (Å²) in [7, 11) is 1.36. The number of benzene rings is 2. The summed E-state index contributed by atoms with van der Waals surface area (Å²) in [6.07, 6.45) is -0.476. The molecular formula is C20H25NO3. The van der Waals surface area contributed by atoms with Gasteiger partial charge < -0.3 is 9.47 Å². The first-order valence-electron chi connectivity index (χ1n) is 8.09. The predicted octanol–water partition coefficient (Wildman–Crippen LogP) is 5.18. The van der Waals surface area contributed by atoms with Crippen LogP contribution in [0.5, 0.6) is 5.75 Å². The first-order chi connectivity index (χ1) is 11.4. The highest BCUT2D eigenvalue weighted by atomic mass is 16.5. The SMILES string of the molecule is COC(=O)Nc1c(COc2ccc(C)cc2C)cccc1C(C)C. The van der Waals surface area contributed by atoms with Crippen molar-refractivity contribution >= 4 is 11.8 Å². The summed E-state index contributed by atoms with van der Waals surface area (Å²) in [5.41, 5.74) is 5.05. The average molecular weight is 327 g/mol. The molecule has 0 radical (unpaired) electrons. The van der Waals surface area contributed by atoms with Crippen molar-refractivity contribution in [1.29, 1.82) is 0 Å². The summed E-state index contributed by atoms with van der Waals surface area (Å²) < 4.78 is 10.7. The average Bonchev–Trinajstić information content (AvgIpc) is 2.54. The molecule has 0 fully saturated rings. The third-order valence-corrected chi connectivity index (χ3v) is 3.93. The quantitative estimate of drug-likeness (QED) is 0.822. The Labute approximate surface area is 143 Å². The van der Waals surface area contributed by atoms with Gasteiger partial charge >= 0.3 is 6.09 Å². The molecule has 0 atom stereocenters. The van der Waals surface area contributed by atoms with Crippen LogP contribution in [0, 0.1) is 13.8 Å². The second-order valence-electron chi connectivity index (χ2n) is 6.21. The van der Waals surface area contributed by atoms with Gasteiger partial charge in [-0.1, -0.05) is 49.7 Å². The molecule has 1 amide bonds. The van der Waals surface area contributed by atoms with Crippen LogP contribution >= 0.6 is 0 Å². The predicted molar refractivity (Wildman–Crippen MR) is 96.8 cm³/mol. The zero-order chi connectivity index (χ0) is 17.7. The molecule has 2 aromatic carbocycles. The van der Waals surface area contributed by atoms with E-state index < -0.39 is 6.09 Å². The number of para-hydroxylation sites is 1. The lowest BCUT2D eigenvalue weighted by Gasteiger charge is -2.18. The summed E-state index contributed by atoms with van der Waals surface area (Å²) in [5.74, 6) is 1.12. The van der Waals surface area contributed by atoms with Gasteiger partial charge in [-0.05, 0) is 37.0 Å². The monoisotopic (exact) mass is 327 g/mol. The number of anilines is 1. The van der Waals surface area contributed by atoms with Gasteiger partial charge in [-0.15, -0.1) is 0 Å². The highest BCUT2D eigenvalue weighted by molar-refractivity contribution is 5.87. The Kier molecular flexibility index (Phi) is 5.85. The smallest absolute Gasteiger partial charge is 0.411 e. The second kappa shape index (κ2) is 7.86. The number of carbonyl (C=O) groups is 1. The van der Waals surface area contributed by atoms with Gasteiger partial charge in [-0.3, -0.25) is 5.32 Å². The first kappa shape index (κ1) is 17.9. The van der Waals surface area contributed by atoms with Crippen LogP contribution in [0.2, 0.25) is 0 Å². The van der Waals surface area contributed by atoms with Crippen LogP contribution < -0.4 is 10.1 Å². The Balaban J connectivity index is 2.28. The molecular weight excluding hydrogens is 302 g/mol. The van der Waals surface area contributed by atoms with E-state index >= 15 is 0 Å². The minimum Gasteiger partial charge on any atom is -0.489 e. The van der Waals surface area contributed by atoms with Crippen LogP contribution in [0.15, 0.2) is 36.4 Å². The van der Waals surface area contributed by atoms with Gasteiger partial charge in [0.2, 0.25) is 0 Å². The summed E-state index contributed by atoms with van der Waals surface area (Å²) >= 11 is 0. The summed E-state index contributed by atoms with van der Waals surface area (Å²) in [5, 5.41) is 2.83. The Morgan fingerprint density at radius 1 is 1.17 bits per heavy atom. The third kappa shape index (κ3) is 4.28. The Morgan fingerprint density at radius 2 is 1.92 bits per heavy atom. The third-order valence-electron chi connectivity index (χ3n) is 3.93. The van der Waals surface area contributed by atoms with Crippen molar-refractivity contribution in [3.63, 3.8) is 0 Å². The number of nitrogens with one attached hydrogen (secondary N) is 1. The molecule has 0 spiro atoms. The number of methoxy groups -OCH3 is 1. The standard InChI is InChI=1S/C20H25NO3/c1-13(2)17-8-6-7-16(19(17)21-20(22)23-5)12-24-18-10-9-14(3)11-15(18)4/h6-11,13H,12H2,1-5H3,(H,21,22). The zero-order valence-electron chi connectivity index (χ0n) is 15.0. The molecule has 0 heterocycles. The second-order valence-corrected chi connectivity index (χ2v) is 6.21. The number of hydrogen-bond donors (Lipinski definition) is 1. The maximum Gasteiger partial charge on any atom is 0.411 e. The Morgan fingerprint density at radius 3 is 2.54 bits per heavy atom. The number of ether oxygens (including phenoxy) is 2. The van der Waals surface area contributed by atoms with Gasteiger partial charge in [0.05, 0.1) is 12.8 Å². The fourth-order valence-corrected chi connectivity index (χ4v) is 2.64. The molecule has 4 nitrogen and oxygen atoms in total. The molecule has 0 aliphatic carbocycles. The Bertz CT molecular complexity index is 723. The van der Waals surface area contributed by atoms with Gasteiger partial charge in [-0.25, -0.2) is 4.79 Å². The number of amides is 1. The largest absolute Gasteiger partial charge is 0.489 e. The zero-order valence-corrected chi connectivity index (χ0v) is 15.0. The molecule has 4 heteroatoms. The van der Waals surface area contributed by atoms with Crippen molar-refractivity contribution in [3.8, 4) is 5.75 Å². The molecule has 128 valence electrons. The van der Waals surface area contributed by atoms with Crippen LogP contribution in [0.1, 0.15) is 42.0 Å². The molecule has 24 heavy (non-hydrogen) atoms. The minimum absolute atomic E-state index is 0.276. The van der Waals surface area contributed by atoms with E-state index in [-0.39, 0.29) is 5.92 Å². The Hall–Kier alpha value is -2.49. The number of rotatable bonds is 5. The molecule has 0 saturated carbocycles. The van der Waals surface area contributed by atoms with E-state index in [9.17, 15) is 4.79 Å². The van der Waals surface area contributed by atoms with E-state index in [4.69, 9.17) is 9.47 Å². The van der Waals surface area contributed by atoms with Crippen LogP contribution in [0.4, 0.5) is 10.5 Å². The van der Waals surface area contributed by atoms with E-state index in [1.807, 2.05) is 37.3 Å². The van der Waals surface area contributed by atoms with Crippen molar-refractivity contribution in [1.82, 2.24) is 0 Å². The maximum absolute atomic E-state index is 11.7. The molecule has 1 N–H and O–H groups in total. The lowest BCUT2D eigenvalue weighted by Crippen LogP contribution is -2.15. The highest BCUT2D eigenvalue weighted by Gasteiger charge is 2.15. The van der Waals surface area contributed by atoms with Crippen molar-refractivity contribution in [2.75, 3.05) is 12.4 Å². The summed E-state index contributed by atoms with van der Waals surface area (Å²) in [4.78, 5) is 11.7. The van der Waals surface area contributed by atoms with Crippen molar-refractivity contribution in [3.05, 3.63) is 58.7 Å². The van der Waals surface area contributed by atoms with Crippen LogP contribution in [-0.2, 0) is 11.3 Å². The molecule has 0 aliphatic rings. The number of hydrogen-bond acceptors (Lipinski definition) is 3. The van der Waals surface area contributed by atoms with Gasteiger partial charge in [-0.2, -0.15) is 0 Å². The van der Waals surface area contributed by atoms with Crippen molar-refractivity contribution in [2.45, 2.75) is 40.2 Å². The maximum atomic E-state index is 11.7. The number of aryl methyl sites for hydroxylation is 2. The van der Waals surface area contributed by atoms with Crippen LogP contribution in [-0.4, -0.2) is 13.2 Å². The van der Waals surface area contributed by atoms with Crippen molar-refractivity contribution in [2.24, 2.45) is 0 Å². The number of carbonyl (C=O) groups excluding carboxylic acids is 1. The van der Waals surface area contributed by atoms with Gasteiger partial charge in [0.1, 0.15) is 12.4 Å². The van der Waals surface area contributed by atoms with E-state index in [2.05, 4.69) is 32.2 Å². The lowest BCUT2D eigenvalue weighted by molar-refractivity contribution is 0.187. The van der Waals surface area contributed by atoms with Crippen molar-refractivity contribution < 1.29 is 14.3 Å². The lowest BCUT2D eigenvalue weighted by atomic mass is 9.98. The normalized spacial score (nSPS) is 10.6. The van der Waals surface area contributed by atoms with Crippen LogP contribution in [0.3, 0.4) is 0 Å². The highest BCUT2D eigenvalue weighted by Crippen LogP contribution is 2.29. The minimum atomic E-state index is -0.476. The molecule has 2 aromatic rings. The van der Waals surface area contributed by atoms with Crippen LogP contribution in [0.25, 0.3) is 0 Å². The molecule has 0 unspecified atom stereocenters. The fourth-order valence-electron chi connectivity index (χ4n) is 2.64. The van der Waals surface area contributed by atoms with E-state index in [0.29, 0.717) is 6.61 Å². The summed E-state index contributed by atoms with van der Waals surface area (Å²) in [6.45, 7) is 8.64. The van der Waals surface area contributed by atoms with E-state index in [1.54, 1.807) is 0 Å². The molecule has 2 rings (SSSR count). The molecule has 0 bridgehead atoms. The first-order valence-corrected chi connectivity index (χ1v) is 8.09. The van der Waals surface area contributed by atoms with E-state index in [1.165, 1.54) is 12.7 Å². The fraction of sp³-hybridized carbons (Fsp3) is 0.350. The molecule has 0 saturated heterocycles.